The molecule has 3 heterocycles. The number of ketones is 1. The second kappa shape index (κ2) is 16.9. The van der Waals surface area contributed by atoms with Crippen LogP contribution in [0.4, 0.5) is 0 Å². The summed E-state index contributed by atoms with van der Waals surface area (Å²) in [7, 11) is 1.45. The van der Waals surface area contributed by atoms with E-state index in [-0.39, 0.29) is 61.4 Å². The van der Waals surface area contributed by atoms with Gasteiger partial charge in [-0.15, -0.1) is 0 Å². The maximum Gasteiger partial charge on any atom is 0.254 e. The molecule has 310 valence electrons. The molecule has 5 aliphatic rings. The largest absolute Gasteiger partial charge is 0.506 e. The minimum absolute atomic E-state index is 0.0275. The summed E-state index contributed by atoms with van der Waals surface area (Å²) >= 11 is 0. The van der Waals surface area contributed by atoms with Gasteiger partial charge in [-0.1, -0.05) is 31.0 Å². The lowest BCUT2D eigenvalue weighted by atomic mass is 9.86. The molecule has 1 saturated heterocycles. The number of nitrogens with zero attached hydrogens (tertiary/aromatic N) is 2. The summed E-state index contributed by atoms with van der Waals surface area (Å²) < 4.78 is 24.0. The lowest BCUT2D eigenvalue weighted by Crippen LogP contribution is -2.69. The standard InChI is InChI=1S/C45H48N2O12/c1-56-30-16-28-17-33(26-8-2-3-9-26)39(35(50)21-47-20-27-10-4-5-11-31(27)43(47)54)41(52)38(28)36(18-30)58-44-45(55,24-49)42(53)40(51)37(59-44)23-57-22-29-19-46-34-13-12-25(7-6-14-48)15-32(29)34/h4-5,10-13,15-19,26,37,40,42,44,48-49,51,53,55H,2-3,6-9,14,20-24H2,1H3/p+1/t37-,40-,42+,44-,45-/m1/s1. The van der Waals surface area contributed by atoms with Crippen LogP contribution in [0.1, 0.15) is 76.3 Å². The number of aromatic hydroxyl groups is 1. The molecular weight excluding hydrogens is 760 g/mol. The first kappa shape index (κ1) is 40.7. The number of carbonyl (C=O) groups excluding carboxylic acids is 2. The highest BCUT2D eigenvalue weighted by Gasteiger charge is 2.56. The van der Waals surface area contributed by atoms with Crippen molar-refractivity contribution in [3.8, 4) is 17.2 Å². The van der Waals surface area contributed by atoms with Crippen molar-refractivity contribution in [3.05, 3.63) is 106 Å². The fraction of sp³-hybridized carbons (Fsp3) is 0.422. The molecule has 8 rings (SSSR count). The molecule has 14 nitrogen and oxygen atoms in total. The first-order chi connectivity index (χ1) is 28.5. The van der Waals surface area contributed by atoms with Crippen LogP contribution in [0, 0.1) is 6.42 Å². The average molecular weight is 810 g/mol. The molecule has 59 heavy (non-hydrogen) atoms. The number of rotatable bonds is 15. The van der Waals surface area contributed by atoms with E-state index in [0.29, 0.717) is 35.1 Å². The lowest BCUT2D eigenvalue weighted by Gasteiger charge is -2.47. The third kappa shape index (κ3) is 7.66. The van der Waals surface area contributed by atoms with E-state index in [1.807, 2.05) is 36.8 Å². The molecule has 1 amide bonds. The SMILES string of the molecule is COc1cc(O[C@@H]2O[C@H](COCC3=C4[CH+]C(CCCO)=CC=C4N=C3)[C@@H](O)[C@H](O)[C@]2(O)CO)c2c(O)c(C(=O)CN3Cc4ccccc4C3=O)c(C3CCCC3)cc2c1. The van der Waals surface area contributed by atoms with E-state index in [4.69, 9.17) is 18.9 Å². The van der Waals surface area contributed by atoms with Gasteiger partial charge in [-0.3, -0.25) is 9.59 Å². The minimum atomic E-state index is -2.55. The highest BCUT2D eigenvalue weighted by atomic mass is 16.7. The summed E-state index contributed by atoms with van der Waals surface area (Å²) in [6.45, 7) is -1.21. The maximum absolute atomic E-state index is 14.3. The number of hydrogen-bond acceptors (Lipinski definition) is 13. The number of Topliss-reactive ketones (excluding diaryl/α,β-unsaturated/α-hetero) is 1. The highest BCUT2D eigenvalue weighted by Crippen LogP contribution is 2.47. The Labute approximate surface area is 341 Å². The Morgan fingerprint density at radius 2 is 1.90 bits per heavy atom. The molecule has 6 N–H and O–H groups in total. The summed E-state index contributed by atoms with van der Waals surface area (Å²) in [5.41, 5.74) is 2.95. The number of amides is 1. The molecule has 0 spiro atoms. The summed E-state index contributed by atoms with van der Waals surface area (Å²) in [4.78, 5) is 33.6. The Morgan fingerprint density at radius 1 is 1.10 bits per heavy atom. The molecule has 1 saturated carbocycles. The first-order valence-corrected chi connectivity index (χ1v) is 20.1. The van der Waals surface area contributed by atoms with Gasteiger partial charge >= 0.3 is 0 Å². The highest BCUT2D eigenvalue weighted by molar-refractivity contribution is 6.11. The maximum atomic E-state index is 14.3. The third-order valence-corrected chi connectivity index (χ3v) is 12.1. The molecule has 0 aromatic heterocycles. The number of hydrogen-bond donors (Lipinski definition) is 6. The zero-order chi connectivity index (χ0) is 41.4. The van der Waals surface area contributed by atoms with Crippen molar-refractivity contribution < 1.29 is 59.2 Å². The van der Waals surface area contributed by atoms with Gasteiger partial charge in [0.25, 0.3) is 5.91 Å². The first-order valence-electron chi connectivity index (χ1n) is 20.1. The van der Waals surface area contributed by atoms with E-state index < -0.39 is 48.3 Å². The van der Waals surface area contributed by atoms with E-state index in [0.717, 1.165) is 53.7 Å². The molecule has 3 aromatic carbocycles. The Balaban J connectivity index is 1.08. The van der Waals surface area contributed by atoms with Crippen LogP contribution in [-0.4, -0.2) is 124 Å². The quantitative estimate of drug-likeness (QED) is 0.0958. The van der Waals surface area contributed by atoms with Gasteiger partial charge in [0.15, 0.2) is 17.1 Å². The lowest BCUT2D eigenvalue weighted by molar-refractivity contribution is -0.328. The van der Waals surface area contributed by atoms with Crippen molar-refractivity contribution in [2.75, 3.05) is 40.1 Å². The van der Waals surface area contributed by atoms with Crippen molar-refractivity contribution >= 4 is 28.7 Å². The molecule has 2 aliphatic carbocycles. The number of aliphatic hydroxyl groups excluding tert-OH is 4. The number of aliphatic imine (C=N–C) groups is 1. The fourth-order valence-electron chi connectivity index (χ4n) is 8.79. The molecule has 3 aliphatic heterocycles. The van der Waals surface area contributed by atoms with Gasteiger partial charge in [0.1, 0.15) is 47.7 Å². The van der Waals surface area contributed by atoms with E-state index in [1.54, 1.807) is 24.4 Å². The number of ether oxygens (including phenoxy) is 4. The van der Waals surface area contributed by atoms with Gasteiger partial charge in [-0.2, -0.15) is 4.99 Å². The van der Waals surface area contributed by atoms with Crippen LogP contribution in [0.3, 0.4) is 0 Å². The topological polar surface area (TPSA) is 208 Å². The number of phenolic OH excluding ortho intramolecular Hbond substituents is 1. The van der Waals surface area contributed by atoms with Crippen LogP contribution in [0.15, 0.2) is 82.0 Å². The zero-order valence-corrected chi connectivity index (χ0v) is 32.8. The van der Waals surface area contributed by atoms with Crippen LogP contribution in [0.5, 0.6) is 17.2 Å². The number of carbonyl (C=O) groups is 2. The van der Waals surface area contributed by atoms with Gasteiger partial charge in [0.05, 0.1) is 49.6 Å². The van der Waals surface area contributed by atoms with Gasteiger partial charge in [-0.05, 0) is 66.3 Å². The predicted molar refractivity (Wildman–Crippen MR) is 215 cm³/mol. The number of aliphatic hydroxyl groups is 5. The Kier molecular flexibility index (Phi) is 11.7. The molecule has 3 aromatic rings. The number of methoxy groups -OCH3 is 1. The fourth-order valence-corrected chi connectivity index (χ4v) is 8.79. The Hall–Kier alpha value is -5.06. The summed E-state index contributed by atoms with van der Waals surface area (Å²) in [5.74, 6) is -0.941. The Morgan fingerprint density at radius 3 is 2.64 bits per heavy atom. The number of phenols is 1. The molecule has 14 heteroatoms. The summed E-state index contributed by atoms with van der Waals surface area (Å²) in [5, 5.41) is 66.4. The third-order valence-electron chi connectivity index (χ3n) is 12.1. The normalized spacial score (nSPS) is 25.3. The second-order valence-electron chi connectivity index (χ2n) is 15.8. The van der Waals surface area contributed by atoms with Crippen molar-refractivity contribution in [2.24, 2.45) is 4.99 Å². The van der Waals surface area contributed by atoms with Crippen LogP contribution in [-0.2, 0) is 16.0 Å². The van der Waals surface area contributed by atoms with Gasteiger partial charge < -0.3 is 54.5 Å². The van der Waals surface area contributed by atoms with E-state index >= 15 is 0 Å². The minimum Gasteiger partial charge on any atom is -0.506 e. The second-order valence-corrected chi connectivity index (χ2v) is 15.8. The van der Waals surface area contributed by atoms with E-state index in [9.17, 15) is 40.2 Å². The smallest absolute Gasteiger partial charge is 0.254 e. The molecule has 0 radical (unpaired) electrons. The average Bonchev–Trinajstić information content (AvgIpc) is 4.00. The van der Waals surface area contributed by atoms with Crippen LogP contribution < -0.4 is 9.47 Å². The van der Waals surface area contributed by atoms with Crippen LogP contribution in [0.2, 0.25) is 0 Å². The number of benzene rings is 3. The zero-order valence-electron chi connectivity index (χ0n) is 32.8. The van der Waals surface area contributed by atoms with Gasteiger partial charge in [-0.25, -0.2) is 0 Å². The molecule has 0 unspecified atom stereocenters. The van der Waals surface area contributed by atoms with Crippen molar-refractivity contribution in [2.45, 2.75) is 81.2 Å². The van der Waals surface area contributed by atoms with Gasteiger partial charge in [0, 0.05) is 48.9 Å². The molecule has 2 fully saturated rings. The summed E-state index contributed by atoms with van der Waals surface area (Å²) in [6, 6.07) is 12.1. The van der Waals surface area contributed by atoms with Crippen molar-refractivity contribution in [1.82, 2.24) is 4.90 Å². The molecule has 0 bridgehead atoms. The predicted octanol–water partition coefficient (Wildman–Crippen LogP) is 3.80. The van der Waals surface area contributed by atoms with Gasteiger partial charge in [0.2, 0.25) is 6.29 Å². The summed E-state index contributed by atoms with van der Waals surface area (Å²) in [6.07, 6.45) is 5.62. The van der Waals surface area contributed by atoms with Crippen molar-refractivity contribution in [1.29, 1.82) is 0 Å². The number of fused-ring (bicyclic) bond motifs is 3. The molecular formula is C45H49N2O12+. The Bertz CT molecular complexity index is 2260. The van der Waals surface area contributed by atoms with E-state index in [1.165, 1.54) is 18.1 Å². The number of allylic oxidation sites excluding steroid dienone is 4. The van der Waals surface area contributed by atoms with Crippen LogP contribution >= 0.6 is 0 Å². The monoisotopic (exact) mass is 809 g/mol. The van der Waals surface area contributed by atoms with Crippen LogP contribution in [0.25, 0.3) is 10.8 Å². The van der Waals surface area contributed by atoms with Crippen molar-refractivity contribution in [3.63, 3.8) is 0 Å². The molecule has 5 atom stereocenters. The van der Waals surface area contributed by atoms with E-state index in [2.05, 4.69) is 4.99 Å².